The molecule has 0 spiro atoms. The Balaban J connectivity index is 2.21. The maximum atomic E-state index is 11.7. The zero-order chi connectivity index (χ0) is 10.8. The van der Waals surface area contributed by atoms with Crippen LogP contribution in [-0.2, 0) is 9.53 Å². The van der Waals surface area contributed by atoms with E-state index in [1.807, 2.05) is 6.92 Å². The first-order valence-electron chi connectivity index (χ1n) is 4.22. The van der Waals surface area contributed by atoms with Crippen molar-refractivity contribution in [3.63, 3.8) is 0 Å². The Bertz CT molecular complexity index is 223. The number of halogens is 3. The third-order valence-corrected chi connectivity index (χ3v) is 1.97. The number of carbonyl (C=O) groups excluding carboxylic acids is 1. The third kappa shape index (κ3) is 3.53. The fraction of sp³-hybridized carbons (Fsp3) is 0.875. The standard InChI is InChI=1S/C8H12F3NO2/c1-7(4-14-5-7)3-12-6(13)2-8(9,10)11/h2-5H2,1H3,(H,12,13). The first-order chi connectivity index (χ1) is 6.31. The van der Waals surface area contributed by atoms with E-state index in [1.165, 1.54) is 0 Å². The summed E-state index contributed by atoms with van der Waals surface area (Å²) in [5.74, 6) is -0.981. The molecule has 82 valence electrons. The van der Waals surface area contributed by atoms with Gasteiger partial charge in [0, 0.05) is 12.0 Å². The molecule has 1 N–H and O–H groups in total. The third-order valence-electron chi connectivity index (χ3n) is 1.97. The Kier molecular flexibility index (Phi) is 3.04. The van der Waals surface area contributed by atoms with Gasteiger partial charge >= 0.3 is 6.18 Å². The number of ether oxygens (including phenoxy) is 1. The summed E-state index contributed by atoms with van der Waals surface area (Å²) < 4.78 is 40.1. The molecule has 0 bridgehead atoms. The number of nitrogens with one attached hydrogen (secondary N) is 1. The number of hydrogen-bond acceptors (Lipinski definition) is 2. The Hall–Kier alpha value is -0.780. The smallest absolute Gasteiger partial charge is 0.380 e. The van der Waals surface area contributed by atoms with Crippen molar-refractivity contribution in [3.8, 4) is 0 Å². The van der Waals surface area contributed by atoms with E-state index in [9.17, 15) is 18.0 Å². The van der Waals surface area contributed by atoms with Gasteiger partial charge in [-0.1, -0.05) is 6.92 Å². The van der Waals surface area contributed by atoms with Crippen LogP contribution < -0.4 is 5.32 Å². The van der Waals surface area contributed by atoms with Gasteiger partial charge in [-0.15, -0.1) is 0 Å². The van der Waals surface area contributed by atoms with Crippen molar-refractivity contribution in [1.29, 1.82) is 0 Å². The SMILES string of the molecule is CC1(CNC(=O)CC(F)(F)F)COC1. The molecule has 1 saturated heterocycles. The summed E-state index contributed by atoms with van der Waals surface area (Å²) >= 11 is 0. The minimum absolute atomic E-state index is 0.193. The van der Waals surface area contributed by atoms with Crippen molar-refractivity contribution in [2.24, 2.45) is 5.41 Å². The largest absolute Gasteiger partial charge is 0.397 e. The van der Waals surface area contributed by atoms with Gasteiger partial charge in [0.05, 0.1) is 13.2 Å². The van der Waals surface area contributed by atoms with E-state index in [4.69, 9.17) is 4.74 Å². The van der Waals surface area contributed by atoms with Crippen LogP contribution in [0.5, 0.6) is 0 Å². The lowest BCUT2D eigenvalue weighted by Crippen LogP contribution is -2.49. The van der Waals surface area contributed by atoms with Gasteiger partial charge in [0.1, 0.15) is 6.42 Å². The summed E-state index contributed by atoms with van der Waals surface area (Å²) in [6.07, 6.45) is -5.84. The highest BCUT2D eigenvalue weighted by molar-refractivity contribution is 5.76. The molecule has 1 aliphatic heterocycles. The van der Waals surface area contributed by atoms with Crippen LogP contribution in [-0.4, -0.2) is 31.8 Å². The van der Waals surface area contributed by atoms with E-state index in [0.717, 1.165) is 0 Å². The highest BCUT2D eigenvalue weighted by atomic mass is 19.4. The van der Waals surface area contributed by atoms with Gasteiger partial charge < -0.3 is 10.1 Å². The van der Waals surface area contributed by atoms with Crippen LogP contribution in [0.4, 0.5) is 13.2 Å². The predicted octanol–water partition coefficient (Wildman–Crippen LogP) is 1.09. The quantitative estimate of drug-likeness (QED) is 0.758. The molecule has 1 aliphatic rings. The summed E-state index contributed by atoms with van der Waals surface area (Å²) in [4.78, 5) is 10.8. The Morgan fingerprint density at radius 3 is 2.43 bits per heavy atom. The molecule has 6 heteroatoms. The second-order valence-electron chi connectivity index (χ2n) is 3.87. The monoisotopic (exact) mass is 211 g/mol. The second kappa shape index (κ2) is 3.76. The van der Waals surface area contributed by atoms with E-state index < -0.39 is 18.5 Å². The minimum atomic E-state index is -4.43. The minimum Gasteiger partial charge on any atom is -0.380 e. The van der Waals surface area contributed by atoms with Crippen molar-refractivity contribution < 1.29 is 22.7 Å². The van der Waals surface area contributed by atoms with Crippen LogP contribution in [0.3, 0.4) is 0 Å². The molecule has 1 rings (SSSR count). The number of amides is 1. The molecule has 14 heavy (non-hydrogen) atoms. The Labute approximate surface area is 79.6 Å². The molecule has 0 saturated carbocycles. The molecular weight excluding hydrogens is 199 g/mol. The van der Waals surface area contributed by atoms with Crippen molar-refractivity contribution in [1.82, 2.24) is 5.32 Å². The molecule has 3 nitrogen and oxygen atoms in total. The van der Waals surface area contributed by atoms with Crippen LogP contribution in [0.15, 0.2) is 0 Å². The van der Waals surface area contributed by atoms with Gasteiger partial charge in [-0.2, -0.15) is 13.2 Å². The summed E-state index contributed by atoms with van der Waals surface area (Å²) in [5, 5.41) is 2.24. The number of alkyl halides is 3. The lowest BCUT2D eigenvalue weighted by atomic mass is 9.89. The average molecular weight is 211 g/mol. The highest BCUT2D eigenvalue weighted by Crippen LogP contribution is 2.25. The van der Waals surface area contributed by atoms with Gasteiger partial charge in [-0.05, 0) is 0 Å². The van der Waals surface area contributed by atoms with Crippen LogP contribution in [0.2, 0.25) is 0 Å². The van der Waals surface area contributed by atoms with Gasteiger partial charge in [0.25, 0.3) is 0 Å². The second-order valence-corrected chi connectivity index (χ2v) is 3.87. The lowest BCUT2D eigenvalue weighted by molar-refractivity contribution is -0.155. The van der Waals surface area contributed by atoms with E-state index in [2.05, 4.69) is 5.32 Å². The molecule has 0 aliphatic carbocycles. The normalized spacial score (nSPS) is 20.0. The molecular formula is C8H12F3NO2. The molecule has 0 aromatic rings. The first kappa shape index (κ1) is 11.3. The van der Waals surface area contributed by atoms with Crippen molar-refractivity contribution in [2.45, 2.75) is 19.5 Å². The molecule has 0 atom stereocenters. The van der Waals surface area contributed by atoms with Crippen LogP contribution in [0.25, 0.3) is 0 Å². The lowest BCUT2D eigenvalue weighted by Gasteiger charge is -2.38. The number of hydrogen-bond donors (Lipinski definition) is 1. The highest BCUT2D eigenvalue weighted by Gasteiger charge is 2.35. The van der Waals surface area contributed by atoms with Gasteiger partial charge in [-0.25, -0.2) is 0 Å². The molecule has 1 amide bonds. The van der Waals surface area contributed by atoms with Crippen molar-refractivity contribution in [3.05, 3.63) is 0 Å². The first-order valence-corrected chi connectivity index (χ1v) is 4.22. The van der Waals surface area contributed by atoms with Gasteiger partial charge in [0.15, 0.2) is 0 Å². The maximum Gasteiger partial charge on any atom is 0.397 e. The van der Waals surface area contributed by atoms with Gasteiger partial charge in [-0.3, -0.25) is 4.79 Å². The molecule has 1 heterocycles. The van der Waals surface area contributed by atoms with Crippen LogP contribution >= 0.6 is 0 Å². The number of rotatable bonds is 3. The molecule has 1 fully saturated rings. The average Bonchev–Trinajstić information content (AvgIpc) is 1.94. The fourth-order valence-electron chi connectivity index (χ4n) is 1.11. The zero-order valence-electron chi connectivity index (χ0n) is 7.78. The zero-order valence-corrected chi connectivity index (χ0v) is 7.78. The molecule has 0 unspecified atom stereocenters. The molecule has 0 aromatic heterocycles. The summed E-state index contributed by atoms with van der Waals surface area (Å²) in [5.41, 5.74) is -0.193. The number of carbonyl (C=O) groups is 1. The van der Waals surface area contributed by atoms with Crippen molar-refractivity contribution >= 4 is 5.91 Å². The van der Waals surface area contributed by atoms with E-state index >= 15 is 0 Å². The summed E-state index contributed by atoms with van der Waals surface area (Å²) in [6, 6.07) is 0. The summed E-state index contributed by atoms with van der Waals surface area (Å²) in [7, 11) is 0. The van der Waals surface area contributed by atoms with Gasteiger partial charge in [0.2, 0.25) is 5.91 Å². The molecule has 0 aromatic carbocycles. The Morgan fingerprint density at radius 1 is 1.50 bits per heavy atom. The van der Waals surface area contributed by atoms with Crippen LogP contribution in [0.1, 0.15) is 13.3 Å². The van der Waals surface area contributed by atoms with E-state index in [0.29, 0.717) is 13.2 Å². The van der Waals surface area contributed by atoms with Crippen molar-refractivity contribution in [2.75, 3.05) is 19.8 Å². The summed E-state index contributed by atoms with van der Waals surface area (Å²) in [6.45, 7) is 3.06. The van der Waals surface area contributed by atoms with Crippen LogP contribution in [0, 0.1) is 5.41 Å². The topological polar surface area (TPSA) is 38.3 Å². The van der Waals surface area contributed by atoms with E-state index in [1.54, 1.807) is 0 Å². The predicted molar refractivity (Wildman–Crippen MR) is 42.6 cm³/mol. The maximum absolute atomic E-state index is 11.7. The fourth-order valence-corrected chi connectivity index (χ4v) is 1.11. The molecule has 0 radical (unpaired) electrons. The Morgan fingerprint density at radius 2 is 2.07 bits per heavy atom. The van der Waals surface area contributed by atoms with E-state index in [-0.39, 0.29) is 12.0 Å².